The minimum Gasteiger partial charge on any atom is -0.324 e. The maximum absolute atomic E-state index is 12.6. The highest BCUT2D eigenvalue weighted by molar-refractivity contribution is 6.31. The van der Waals surface area contributed by atoms with E-state index in [-0.39, 0.29) is 17.9 Å². The first-order valence-corrected chi connectivity index (χ1v) is 11.6. The molecule has 0 fully saturated rings. The molecular weight excluding hydrogens is 446 g/mol. The van der Waals surface area contributed by atoms with Crippen molar-refractivity contribution < 1.29 is 4.79 Å². The third-order valence-corrected chi connectivity index (χ3v) is 6.13. The molecule has 6 nitrogen and oxygen atoms in total. The van der Waals surface area contributed by atoms with Crippen LogP contribution < -0.4 is 10.6 Å². The van der Waals surface area contributed by atoms with E-state index >= 15 is 0 Å². The van der Waals surface area contributed by atoms with Crippen molar-refractivity contribution in [2.45, 2.75) is 25.8 Å². The zero-order valence-electron chi connectivity index (χ0n) is 18.7. The summed E-state index contributed by atoms with van der Waals surface area (Å²) in [4.78, 5) is 17.1. The largest absolute Gasteiger partial charge is 0.324 e. The Bertz CT molecular complexity index is 1350. The number of fused-ring (bicyclic) bond motifs is 1. The number of allylic oxidation sites excluding steroid dienone is 1. The number of anilines is 2. The Kier molecular flexibility index (Phi) is 6.14. The Hall–Kier alpha value is -3.90. The van der Waals surface area contributed by atoms with E-state index in [1.165, 1.54) is 5.56 Å². The molecule has 0 saturated carbocycles. The van der Waals surface area contributed by atoms with Gasteiger partial charge in [0, 0.05) is 17.1 Å². The molecule has 4 aromatic rings. The lowest BCUT2D eigenvalue weighted by atomic mass is 10.0. The second-order valence-electron chi connectivity index (χ2n) is 8.28. The first kappa shape index (κ1) is 21.9. The van der Waals surface area contributed by atoms with Crippen molar-refractivity contribution in [1.82, 2.24) is 14.8 Å². The van der Waals surface area contributed by atoms with Crippen molar-refractivity contribution in [2.24, 2.45) is 0 Å². The Morgan fingerprint density at radius 1 is 1.03 bits per heavy atom. The topological polar surface area (TPSA) is 71.8 Å². The normalized spacial score (nSPS) is 14.6. The van der Waals surface area contributed by atoms with Gasteiger partial charge in [0.05, 0.1) is 0 Å². The minimum absolute atomic E-state index is 0.132. The van der Waals surface area contributed by atoms with Crippen LogP contribution in [0.25, 0.3) is 5.70 Å². The zero-order chi connectivity index (χ0) is 23.5. The lowest BCUT2D eigenvalue weighted by molar-refractivity contribution is -0.116. The van der Waals surface area contributed by atoms with Gasteiger partial charge in [-0.1, -0.05) is 90.0 Å². The van der Waals surface area contributed by atoms with Crippen LogP contribution in [0.1, 0.15) is 34.7 Å². The zero-order valence-corrected chi connectivity index (χ0v) is 19.5. The van der Waals surface area contributed by atoms with Crippen LogP contribution in [-0.4, -0.2) is 20.7 Å². The number of hydrogen-bond donors (Lipinski definition) is 2. The molecular formula is C27H24ClN5O. The lowest BCUT2D eigenvalue weighted by Gasteiger charge is -2.25. The molecule has 34 heavy (non-hydrogen) atoms. The van der Waals surface area contributed by atoms with Crippen LogP contribution in [0, 0.1) is 6.92 Å². The smallest absolute Gasteiger partial charge is 0.250 e. The average molecular weight is 470 g/mol. The summed E-state index contributed by atoms with van der Waals surface area (Å²) >= 11 is 6.55. The third kappa shape index (κ3) is 4.72. The Morgan fingerprint density at radius 3 is 2.53 bits per heavy atom. The van der Waals surface area contributed by atoms with Gasteiger partial charge >= 0.3 is 0 Å². The molecule has 2 heterocycles. The van der Waals surface area contributed by atoms with Crippen molar-refractivity contribution >= 4 is 35.1 Å². The molecule has 0 bridgehead atoms. The Balaban J connectivity index is 1.42. The second-order valence-corrected chi connectivity index (χ2v) is 8.68. The maximum Gasteiger partial charge on any atom is 0.250 e. The van der Waals surface area contributed by atoms with E-state index in [0.29, 0.717) is 23.8 Å². The molecule has 7 heteroatoms. The highest BCUT2D eigenvalue weighted by atomic mass is 35.5. The van der Waals surface area contributed by atoms with Gasteiger partial charge in [0.15, 0.2) is 0 Å². The van der Waals surface area contributed by atoms with E-state index in [0.717, 1.165) is 22.4 Å². The third-order valence-electron chi connectivity index (χ3n) is 5.79. The Morgan fingerprint density at radius 2 is 1.76 bits per heavy atom. The second kappa shape index (κ2) is 9.53. The van der Waals surface area contributed by atoms with E-state index in [9.17, 15) is 4.79 Å². The van der Waals surface area contributed by atoms with Crippen molar-refractivity contribution in [2.75, 3.05) is 10.6 Å². The Labute approximate surface area is 203 Å². The number of hydrogen-bond acceptors (Lipinski definition) is 4. The van der Waals surface area contributed by atoms with E-state index in [1.807, 2.05) is 54.6 Å². The van der Waals surface area contributed by atoms with Gasteiger partial charge in [0.25, 0.3) is 5.95 Å². The predicted octanol–water partition coefficient (Wildman–Crippen LogP) is 5.87. The molecule has 0 aliphatic carbocycles. The maximum atomic E-state index is 12.6. The van der Waals surface area contributed by atoms with E-state index in [2.05, 4.69) is 58.0 Å². The van der Waals surface area contributed by atoms with Gasteiger partial charge in [-0.2, -0.15) is 4.98 Å². The molecule has 1 amide bonds. The van der Waals surface area contributed by atoms with Crippen LogP contribution in [0.4, 0.5) is 11.9 Å². The molecule has 0 saturated heterocycles. The van der Waals surface area contributed by atoms with Crippen LogP contribution in [0.3, 0.4) is 0 Å². The summed E-state index contributed by atoms with van der Waals surface area (Å²) < 4.78 is 1.76. The molecule has 1 unspecified atom stereocenters. The fraction of sp³-hybridized carbons (Fsp3) is 0.148. The van der Waals surface area contributed by atoms with Gasteiger partial charge in [-0.25, -0.2) is 4.68 Å². The van der Waals surface area contributed by atoms with E-state index < -0.39 is 0 Å². The number of aryl methyl sites for hydroxylation is 2. The van der Waals surface area contributed by atoms with Gasteiger partial charge in [0.2, 0.25) is 11.9 Å². The monoisotopic (exact) mass is 469 g/mol. The summed E-state index contributed by atoms with van der Waals surface area (Å²) in [6, 6.07) is 25.6. The van der Waals surface area contributed by atoms with Crippen molar-refractivity contribution in [3.8, 4) is 0 Å². The summed E-state index contributed by atoms with van der Waals surface area (Å²) in [5, 5.41) is 11.4. The summed E-state index contributed by atoms with van der Waals surface area (Å²) in [7, 11) is 0. The van der Waals surface area contributed by atoms with Crippen LogP contribution in [-0.2, 0) is 11.2 Å². The fourth-order valence-electron chi connectivity index (χ4n) is 3.97. The van der Waals surface area contributed by atoms with Gasteiger partial charge in [0.1, 0.15) is 6.04 Å². The highest BCUT2D eigenvalue weighted by Gasteiger charge is 2.27. The van der Waals surface area contributed by atoms with Crippen LogP contribution in [0.2, 0.25) is 5.02 Å². The van der Waals surface area contributed by atoms with Crippen LogP contribution >= 0.6 is 11.6 Å². The number of amides is 1. The number of nitrogens with zero attached hydrogens (tertiary/aromatic N) is 3. The van der Waals surface area contributed by atoms with E-state index in [4.69, 9.17) is 11.6 Å². The number of nitrogens with one attached hydrogen (secondary N) is 2. The molecule has 0 radical (unpaired) electrons. The molecule has 3 aromatic carbocycles. The SMILES string of the molecule is Cc1ccc(C2=CC(c3ccccc3Cl)n3nc(NC(=O)CCc4ccccc4)nc3N2)cc1. The molecule has 1 atom stereocenters. The summed E-state index contributed by atoms with van der Waals surface area (Å²) in [6.45, 7) is 2.06. The van der Waals surface area contributed by atoms with Crippen molar-refractivity contribution in [3.05, 3.63) is 112 Å². The van der Waals surface area contributed by atoms with Crippen LogP contribution in [0.15, 0.2) is 84.9 Å². The number of carbonyl (C=O) groups is 1. The first-order chi connectivity index (χ1) is 16.6. The van der Waals surface area contributed by atoms with Crippen molar-refractivity contribution in [1.29, 1.82) is 0 Å². The van der Waals surface area contributed by atoms with Gasteiger partial charge in [-0.15, -0.1) is 5.10 Å². The van der Waals surface area contributed by atoms with Gasteiger partial charge in [-0.3, -0.25) is 10.1 Å². The molecule has 2 N–H and O–H groups in total. The van der Waals surface area contributed by atoms with Crippen molar-refractivity contribution in [3.63, 3.8) is 0 Å². The molecule has 0 spiro atoms. The molecule has 5 rings (SSSR count). The quantitative estimate of drug-likeness (QED) is 0.370. The van der Waals surface area contributed by atoms with Gasteiger partial charge in [-0.05, 0) is 42.2 Å². The summed E-state index contributed by atoms with van der Waals surface area (Å²) in [5.41, 5.74) is 5.15. The predicted molar refractivity (Wildman–Crippen MR) is 136 cm³/mol. The fourth-order valence-corrected chi connectivity index (χ4v) is 4.22. The van der Waals surface area contributed by atoms with E-state index in [1.54, 1.807) is 4.68 Å². The number of benzene rings is 3. The molecule has 1 aromatic heterocycles. The number of rotatable bonds is 6. The number of carbonyl (C=O) groups excluding carboxylic acids is 1. The standard InChI is InChI=1S/C27H24ClN5O/c1-18-11-14-20(15-12-18)23-17-24(21-9-5-6-10-22(21)28)33-27(29-23)31-26(32-33)30-25(34)16-13-19-7-3-2-4-8-19/h2-12,14-15,17,24H,13,16H2,1H3,(H2,29,30,31,32,34). The van der Waals surface area contributed by atoms with Crippen LogP contribution in [0.5, 0.6) is 0 Å². The lowest BCUT2D eigenvalue weighted by Crippen LogP contribution is -2.20. The molecule has 1 aliphatic rings. The average Bonchev–Trinajstić information content (AvgIpc) is 3.26. The highest BCUT2D eigenvalue weighted by Crippen LogP contribution is 2.35. The summed E-state index contributed by atoms with van der Waals surface area (Å²) in [6.07, 6.45) is 3.08. The number of halogens is 1. The number of aromatic nitrogens is 3. The molecule has 170 valence electrons. The first-order valence-electron chi connectivity index (χ1n) is 11.2. The summed E-state index contributed by atoms with van der Waals surface area (Å²) in [5.74, 6) is 0.672. The van der Waals surface area contributed by atoms with Gasteiger partial charge < -0.3 is 5.32 Å². The molecule has 1 aliphatic heterocycles. The minimum atomic E-state index is -0.274.